The zero-order valence-corrected chi connectivity index (χ0v) is 18.2. The molecular weight excluding hydrogens is 429 g/mol. The third-order valence-electron chi connectivity index (χ3n) is 4.57. The van der Waals surface area contributed by atoms with Crippen molar-refractivity contribution in [2.45, 2.75) is 4.90 Å². The summed E-state index contributed by atoms with van der Waals surface area (Å²) in [6, 6.07) is 16.6. The Kier molecular flexibility index (Phi) is 6.09. The molecule has 0 atom stereocenters. The van der Waals surface area contributed by atoms with E-state index in [1.165, 1.54) is 23.2 Å². The number of hydrogen-bond donors (Lipinski definition) is 1. The molecule has 2 amide bonds. The molecule has 162 valence electrons. The highest BCUT2D eigenvalue weighted by Crippen LogP contribution is 2.25. The normalized spacial score (nSPS) is 10.7. The molecule has 0 saturated heterocycles. The van der Waals surface area contributed by atoms with Gasteiger partial charge in [-0.3, -0.25) is 9.59 Å². The average molecular weight is 450 g/mol. The lowest BCUT2D eigenvalue weighted by atomic mass is 10.2. The van der Waals surface area contributed by atoms with Crippen LogP contribution in [0.15, 0.2) is 84.1 Å². The molecule has 9 heteroatoms. The second kappa shape index (κ2) is 9.11. The molecule has 2 aromatic carbocycles. The van der Waals surface area contributed by atoms with E-state index in [2.05, 4.69) is 10.4 Å². The lowest BCUT2D eigenvalue weighted by molar-refractivity contribution is 0.102. The van der Waals surface area contributed by atoms with E-state index >= 15 is 0 Å². The minimum absolute atomic E-state index is 0.107. The lowest BCUT2D eigenvalue weighted by Crippen LogP contribution is -2.16. The highest BCUT2D eigenvalue weighted by atomic mass is 32.2. The summed E-state index contributed by atoms with van der Waals surface area (Å²) < 4.78 is 16.7. The van der Waals surface area contributed by atoms with Crippen LogP contribution in [0.2, 0.25) is 0 Å². The number of carbonyl (C=O) groups excluding carboxylic acids is 2. The van der Waals surface area contributed by atoms with Gasteiger partial charge in [-0.05, 0) is 66.4 Å². The molecule has 0 aliphatic rings. The third-order valence-corrected chi connectivity index (χ3v) is 5.60. The van der Waals surface area contributed by atoms with Gasteiger partial charge in [0.25, 0.3) is 11.1 Å². The molecule has 0 unspecified atom stereocenters. The number of benzene rings is 2. The molecule has 1 N–H and O–H groups in total. The first-order valence-corrected chi connectivity index (χ1v) is 10.5. The Labute approximate surface area is 188 Å². The number of nitrogens with one attached hydrogen (secondary N) is 1. The molecule has 32 heavy (non-hydrogen) atoms. The smallest absolute Gasteiger partial charge is 0.285 e. The monoisotopic (exact) mass is 449 g/mol. The van der Waals surface area contributed by atoms with Crippen molar-refractivity contribution in [1.82, 2.24) is 19.2 Å². The average Bonchev–Trinajstić information content (AvgIpc) is 3.44. The van der Waals surface area contributed by atoms with Gasteiger partial charge in [-0.2, -0.15) is 5.10 Å². The fraction of sp³-hybridized carbons (Fsp3) is 0.0870. The van der Waals surface area contributed by atoms with Crippen LogP contribution in [0.25, 0.3) is 11.5 Å². The number of rotatable bonds is 5. The molecule has 0 spiro atoms. The van der Waals surface area contributed by atoms with Gasteiger partial charge in [-0.15, -0.1) is 0 Å². The molecule has 0 aliphatic carbocycles. The minimum Gasteiger partial charge on any atom is -0.339 e. The van der Waals surface area contributed by atoms with Crippen LogP contribution in [0, 0.1) is 5.82 Å². The highest BCUT2D eigenvalue weighted by molar-refractivity contribution is 8.13. The van der Waals surface area contributed by atoms with E-state index < -0.39 is 0 Å². The molecule has 0 saturated carbocycles. The van der Waals surface area contributed by atoms with Crippen LogP contribution < -0.4 is 5.32 Å². The van der Waals surface area contributed by atoms with E-state index in [-0.39, 0.29) is 17.0 Å². The number of nitrogens with zero attached hydrogens (tertiary/aromatic N) is 4. The maximum atomic E-state index is 13.4. The number of hydrogen-bond acceptors (Lipinski definition) is 4. The SMILES string of the molecule is CN(C)C(=O)Sc1cccc(NC(=O)c2cnn(-c3ccc(F)cc3)c2-n2cccc2)c1. The fourth-order valence-corrected chi connectivity index (χ4v) is 3.74. The molecule has 0 aliphatic heterocycles. The molecule has 4 aromatic rings. The van der Waals surface area contributed by atoms with E-state index in [1.807, 2.05) is 12.1 Å². The van der Waals surface area contributed by atoms with Gasteiger partial charge in [-0.1, -0.05) is 6.07 Å². The summed E-state index contributed by atoms with van der Waals surface area (Å²) in [5.74, 6) is -0.192. The van der Waals surface area contributed by atoms with Crippen molar-refractivity contribution >= 4 is 28.6 Å². The zero-order valence-electron chi connectivity index (χ0n) is 17.4. The van der Waals surface area contributed by atoms with Gasteiger partial charge in [0.2, 0.25) is 0 Å². The van der Waals surface area contributed by atoms with Crippen LogP contribution in [0.3, 0.4) is 0 Å². The Morgan fingerprint density at radius 3 is 2.44 bits per heavy atom. The zero-order chi connectivity index (χ0) is 22.7. The maximum Gasteiger partial charge on any atom is 0.285 e. The quantitative estimate of drug-likeness (QED) is 0.443. The van der Waals surface area contributed by atoms with Crippen molar-refractivity contribution in [3.05, 3.63) is 90.6 Å². The first-order chi connectivity index (χ1) is 15.4. The van der Waals surface area contributed by atoms with Crippen molar-refractivity contribution in [3.8, 4) is 11.5 Å². The van der Waals surface area contributed by atoms with Gasteiger partial charge in [0.15, 0.2) is 5.82 Å². The van der Waals surface area contributed by atoms with E-state index in [4.69, 9.17) is 0 Å². The van der Waals surface area contributed by atoms with Crippen LogP contribution in [0.1, 0.15) is 10.4 Å². The Hall–Kier alpha value is -3.85. The van der Waals surface area contributed by atoms with Crippen LogP contribution in [-0.4, -0.2) is 44.5 Å². The molecule has 4 rings (SSSR count). The number of aromatic nitrogens is 3. The fourth-order valence-electron chi connectivity index (χ4n) is 3.03. The van der Waals surface area contributed by atoms with Crippen molar-refractivity contribution in [1.29, 1.82) is 0 Å². The van der Waals surface area contributed by atoms with Gasteiger partial charge in [-0.25, -0.2) is 9.07 Å². The first kappa shape index (κ1) is 21.4. The van der Waals surface area contributed by atoms with Crippen LogP contribution >= 0.6 is 11.8 Å². The van der Waals surface area contributed by atoms with E-state index in [1.54, 1.807) is 72.1 Å². The number of carbonyl (C=O) groups is 2. The topological polar surface area (TPSA) is 72.2 Å². The molecule has 0 fully saturated rings. The van der Waals surface area contributed by atoms with E-state index in [0.717, 1.165) is 11.8 Å². The standard InChI is InChI=1S/C23H20FN5O2S/c1-27(2)23(31)32-19-7-5-6-17(14-19)26-21(30)20-15-25-29(18-10-8-16(24)9-11-18)22(20)28-12-3-4-13-28/h3-15H,1-2H3,(H,26,30). The second-order valence-electron chi connectivity index (χ2n) is 7.10. The number of anilines is 1. The second-order valence-corrected chi connectivity index (χ2v) is 8.13. The summed E-state index contributed by atoms with van der Waals surface area (Å²) in [6.45, 7) is 0. The van der Waals surface area contributed by atoms with Crippen molar-refractivity contribution in [2.75, 3.05) is 19.4 Å². The third kappa shape index (κ3) is 4.57. The van der Waals surface area contributed by atoms with Crippen LogP contribution in [-0.2, 0) is 0 Å². The van der Waals surface area contributed by atoms with Crippen LogP contribution in [0.4, 0.5) is 14.9 Å². The van der Waals surface area contributed by atoms with E-state index in [9.17, 15) is 14.0 Å². The molecular formula is C23H20FN5O2S. The Balaban J connectivity index is 1.65. The number of amides is 2. The van der Waals surface area contributed by atoms with Crippen LogP contribution in [0.5, 0.6) is 0 Å². The van der Waals surface area contributed by atoms with Gasteiger partial charge in [0, 0.05) is 37.1 Å². The maximum absolute atomic E-state index is 13.4. The molecule has 2 heterocycles. The molecule has 2 aromatic heterocycles. The summed E-state index contributed by atoms with van der Waals surface area (Å²) in [6.07, 6.45) is 5.08. The number of halogens is 1. The minimum atomic E-state index is -0.358. The predicted octanol–water partition coefficient (Wildman–Crippen LogP) is 4.83. The Morgan fingerprint density at radius 1 is 1.03 bits per heavy atom. The van der Waals surface area contributed by atoms with Gasteiger partial charge >= 0.3 is 0 Å². The number of thioether (sulfide) groups is 1. The summed E-state index contributed by atoms with van der Waals surface area (Å²) >= 11 is 1.08. The van der Waals surface area contributed by atoms with Crippen molar-refractivity contribution < 1.29 is 14.0 Å². The summed E-state index contributed by atoms with van der Waals surface area (Å²) in [5.41, 5.74) is 1.52. The molecule has 7 nitrogen and oxygen atoms in total. The van der Waals surface area contributed by atoms with Crippen molar-refractivity contribution in [2.24, 2.45) is 0 Å². The highest BCUT2D eigenvalue weighted by Gasteiger charge is 2.20. The molecule has 0 bridgehead atoms. The Morgan fingerprint density at radius 2 is 1.75 bits per heavy atom. The van der Waals surface area contributed by atoms with Gasteiger partial charge in [0.1, 0.15) is 11.4 Å². The van der Waals surface area contributed by atoms with E-state index in [0.29, 0.717) is 27.7 Å². The predicted molar refractivity (Wildman–Crippen MR) is 122 cm³/mol. The van der Waals surface area contributed by atoms with Crippen molar-refractivity contribution in [3.63, 3.8) is 0 Å². The van der Waals surface area contributed by atoms with Gasteiger partial charge < -0.3 is 14.8 Å². The summed E-state index contributed by atoms with van der Waals surface area (Å²) in [4.78, 5) is 27.3. The van der Waals surface area contributed by atoms with Gasteiger partial charge in [0.05, 0.1) is 11.9 Å². The molecule has 0 radical (unpaired) electrons. The Bertz CT molecular complexity index is 1250. The summed E-state index contributed by atoms with van der Waals surface area (Å²) in [5, 5.41) is 7.14. The first-order valence-electron chi connectivity index (χ1n) is 9.70. The summed E-state index contributed by atoms with van der Waals surface area (Å²) in [7, 11) is 3.37. The lowest BCUT2D eigenvalue weighted by Gasteiger charge is -2.12. The largest absolute Gasteiger partial charge is 0.339 e.